The molecule has 0 bridgehead atoms. The van der Waals surface area contributed by atoms with Crippen LogP contribution >= 0.6 is 7.82 Å². The first-order chi connectivity index (χ1) is 24.0. The lowest BCUT2D eigenvalue weighted by molar-refractivity contribution is -0.891. The number of ether oxygens (including phenoxy) is 4. The molecule has 294 valence electrons. The van der Waals surface area contributed by atoms with Crippen LogP contribution in [0.1, 0.15) is 123 Å². The number of fused-ring (bicyclic) bond motifs is 1. The van der Waals surface area contributed by atoms with Gasteiger partial charge in [0.25, 0.3) is 0 Å². The lowest BCUT2D eigenvalue weighted by Crippen LogP contribution is -2.56. The number of carbonyl (C=O) groups excluding carboxylic acids is 2. The molecule has 2 fully saturated rings. The molecule has 0 spiro atoms. The Hall–Kier alpha value is -1.15. The molecule has 2 rings (SSSR count). The van der Waals surface area contributed by atoms with Gasteiger partial charge in [-0.1, -0.05) is 96.8 Å². The number of amides is 1. The van der Waals surface area contributed by atoms with Crippen molar-refractivity contribution in [3.63, 3.8) is 0 Å². The monoisotopic (exact) mass is 737 g/mol. The molecule has 2 aliphatic rings. The number of nitrogens with one attached hydrogen (secondary N) is 1. The number of aliphatic hydroxyl groups excluding tert-OH is 1. The van der Waals surface area contributed by atoms with Gasteiger partial charge in [0.05, 0.1) is 40.5 Å². The van der Waals surface area contributed by atoms with Crippen LogP contribution in [0, 0.1) is 0 Å². The minimum atomic E-state index is -3.76. The van der Waals surface area contributed by atoms with E-state index in [0.717, 1.165) is 19.3 Å². The molecule has 6 atom stereocenters. The number of nitrogens with zero attached hydrogens (tertiary/aromatic N) is 1. The normalized spacial score (nSPS) is 22.9. The van der Waals surface area contributed by atoms with Crippen molar-refractivity contribution in [1.29, 1.82) is 0 Å². The maximum absolute atomic E-state index is 12.9. The van der Waals surface area contributed by atoms with E-state index >= 15 is 0 Å². The summed E-state index contributed by atoms with van der Waals surface area (Å²) in [4.78, 5) is 23.7. The van der Waals surface area contributed by atoms with E-state index < -0.39 is 26.3 Å². The van der Waals surface area contributed by atoms with E-state index in [-0.39, 0.29) is 50.5 Å². The number of hydrogen-bond acceptors (Lipinski definition) is 11. The summed E-state index contributed by atoms with van der Waals surface area (Å²) in [6, 6.07) is -0.453. The van der Waals surface area contributed by atoms with Gasteiger partial charge >= 0.3 is 13.8 Å². The molecule has 0 radical (unpaired) electrons. The predicted octanol–water partition coefficient (Wildman–Crippen LogP) is 6.05. The van der Waals surface area contributed by atoms with E-state index in [2.05, 4.69) is 12.2 Å². The third-order valence-corrected chi connectivity index (χ3v) is 10.8. The lowest BCUT2D eigenvalue weighted by Gasteiger charge is -2.35. The van der Waals surface area contributed by atoms with Crippen LogP contribution in [0.5, 0.6) is 0 Å². The number of epoxide rings is 1. The summed E-state index contributed by atoms with van der Waals surface area (Å²) in [5.74, 6) is -0.428. The molecule has 1 amide bonds. The minimum Gasteiger partial charge on any atom is -0.466 e. The molecule has 0 aromatic heterocycles. The highest BCUT2D eigenvalue weighted by Gasteiger charge is 2.58. The summed E-state index contributed by atoms with van der Waals surface area (Å²) in [6.07, 6.45) is 18.3. The summed E-state index contributed by atoms with van der Waals surface area (Å²) in [6.45, 7) is 5.23. The van der Waals surface area contributed by atoms with Gasteiger partial charge < -0.3 is 33.9 Å². The van der Waals surface area contributed by atoms with Crippen LogP contribution in [-0.4, -0.2) is 119 Å². The second-order valence-electron chi connectivity index (χ2n) is 14.3. The number of likely N-dealkylation sites (N-methyl/N-ethyl adjacent to an activating group) is 1. The zero-order chi connectivity index (χ0) is 36.7. The van der Waals surface area contributed by atoms with Gasteiger partial charge in [-0.3, -0.25) is 23.2 Å². The number of carbonyl (C=O) groups is 2. The Morgan fingerprint density at radius 1 is 0.760 bits per heavy atom. The van der Waals surface area contributed by atoms with Crippen molar-refractivity contribution in [2.24, 2.45) is 0 Å². The highest BCUT2D eigenvalue weighted by atomic mass is 31.2. The Bertz CT molecular complexity index is 972. The Balaban J connectivity index is 1.46. The number of unbranched alkanes of at least 4 members (excludes halogenated alkanes) is 14. The smallest absolute Gasteiger partial charge is 0.466 e. The number of quaternary nitrogens is 1. The van der Waals surface area contributed by atoms with Crippen molar-refractivity contribution in [2.45, 2.75) is 154 Å². The fourth-order valence-corrected chi connectivity index (χ4v) is 7.04. The fourth-order valence-electron chi connectivity index (χ4n) is 6.09. The van der Waals surface area contributed by atoms with Crippen LogP contribution in [0.25, 0.3) is 0 Å². The van der Waals surface area contributed by atoms with Gasteiger partial charge in [0.15, 0.2) is 6.29 Å². The Labute approximate surface area is 301 Å². The van der Waals surface area contributed by atoms with Gasteiger partial charge in [-0.15, -0.1) is 0 Å². The molecule has 2 aliphatic heterocycles. The van der Waals surface area contributed by atoms with E-state index in [1.807, 2.05) is 14.1 Å². The zero-order valence-corrected chi connectivity index (χ0v) is 32.7. The average molecular weight is 738 g/mol. The molecule has 6 unspecified atom stereocenters. The number of phosphoric acid groups is 1. The molecule has 0 aliphatic carbocycles. The van der Waals surface area contributed by atoms with Crippen LogP contribution in [-0.2, 0) is 46.7 Å². The SMILES string of the molecule is CCCCCCCCCCCCCCCCCC(=O)OCCCOP(=O)(OC)OCC[N+](C)(C)CCOC1OC(CO)C2OC2C1NC(C)=O. The third kappa shape index (κ3) is 19.6. The molecule has 2 heterocycles. The number of hydrogen-bond donors (Lipinski definition) is 2. The Morgan fingerprint density at radius 2 is 1.32 bits per heavy atom. The molecule has 13 nitrogen and oxygen atoms in total. The quantitative estimate of drug-likeness (QED) is 0.0273. The van der Waals surface area contributed by atoms with E-state index in [9.17, 15) is 19.3 Å². The van der Waals surface area contributed by atoms with Gasteiger partial charge in [-0.2, -0.15) is 0 Å². The highest BCUT2D eigenvalue weighted by molar-refractivity contribution is 7.48. The lowest BCUT2D eigenvalue weighted by atomic mass is 10.0. The number of aliphatic hydroxyl groups is 1. The first kappa shape index (κ1) is 45.0. The fraction of sp³-hybridized carbons (Fsp3) is 0.944. The van der Waals surface area contributed by atoms with Crippen molar-refractivity contribution in [3.05, 3.63) is 0 Å². The maximum atomic E-state index is 12.9. The summed E-state index contributed by atoms with van der Waals surface area (Å²) >= 11 is 0. The van der Waals surface area contributed by atoms with Gasteiger partial charge in [-0.25, -0.2) is 4.57 Å². The van der Waals surface area contributed by atoms with Crippen molar-refractivity contribution in [2.75, 3.05) is 67.3 Å². The zero-order valence-electron chi connectivity index (χ0n) is 31.8. The second-order valence-corrected chi connectivity index (χ2v) is 16.1. The maximum Gasteiger partial charge on any atom is 0.474 e. The van der Waals surface area contributed by atoms with Crippen molar-refractivity contribution in [3.8, 4) is 0 Å². The topological polar surface area (TPSA) is 151 Å². The molecule has 2 N–H and O–H groups in total. The molecule has 2 saturated heterocycles. The van der Waals surface area contributed by atoms with E-state index in [0.29, 0.717) is 37.0 Å². The first-order valence-electron chi connectivity index (χ1n) is 19.3. The molecule has 0 saturated carbocycles. The second kappa shape index (κ2) is 25.8. The minimum absolute atomic E-state index is 0.0701. The number of phosphoric ester groups is 1. The third-order valence-electron chi connectivity index (χ3n) is 9.37. The molecule has 14 heteroatoms. The summed E-state index contributed by atoms with van der Waals surface area (Å²) < 4.78 is 52.0. The summed E-state index contributed by atoms with van der Waals surface area (Å²) in [5, 5.41) is 12.4. The van der Waals surface area contributed by atoms with E-state index in [1.54, 1.807) is 0 Å². The van der Waals surface area contributed by atoms with Crippen molar-refractivity contribution >= 4 is 19.7 Å². The largest absolute Gasteiger partial charge is 0.474 e. The van der Waals surface area contributed by atoms with E-state index in [4.69, 9.17) is 32.5 Å². The van der Waals surface area contributed by atoms with Crippen LogP contribution in [0.3, 0.4) is 0 Å². The molecule has 0 aromatic carbocycles. The van der Waals surface area contributed by atoms with Crippen LogP contribution in [0.2, 0.25) is 0 Å². The Kier molecular flexibility index (Phi) is 23.2. The van der Waals surface area contributed by atoms with Gasteiger partial charge in [0, 0.05) is 26.9 Å². The standard InChI is InChI=1S/C36H69N2O11P/c1-6-7-8-9-10-11-12-13-14-15-16-17-18-19-20-22-32(41)44-25-21-26-46-50(42,43-5)47-28-24-38(3,4)23-27-45-36-33(37-30(2)40)35-34(49-35)31(29-39)48-36/h31,33-36,39H,6-29H2,1-5H3/p+1. The van der Waals surface area contributed by atoms with Gasteiger partial charge in [0.1, 0.15) is 44.1 Å². The van der Waals surface area contributed by atoms with Crippen molar-refractivity contribution in [1.82, 2.24) is 5.32 Å². The molecular formula is C36H70N2O11P+. The molecular weight excluding hydrogens is 667 g/mol. The molecule has 50 heavy (non-hydrogen) atoms. The number of esters is 1. The Morgan fingerprint density at radius 3 is 1.88 bits per heavy atom. The highest BCUT2D eigenvalue weighted by Crippen LogP contribution is 2.48. The van der Waals surface area contributed by atoms with Crippen molar-refractivity contribution < 1.29 is 56.3 Å². The van der Waals surface area contributed by atoms with E-state index in [1.165, 1.54) is 91.1 Å². The van der Waals surface area contributed by atoms with Crippen LogP contribution in [0.15, 0.2) is 0 Å². The average Bonchev–Trinajstić information content (AvgIpc) is 3.88. The number of rotatable bonds is 32. The summed E-state index contributed by atoms with van der Waals surface area (Å²) in [7, 11) is 1.46. The van der Waals surface area contributed by atoms with Crippen LogP contribution in [0.4, 0.5) is 0 Å². The van der Waals surface area contributed by atoms with Gasteiger partial charge in [0.2, 0.25) is 5.91 Å². The van der Waals surface area contributed by atoms with Crippen LogP contribution < -0.4 is 5.32 Å². The molecule has 0 aromatic rings. The summed E-state index contributed by atoms with van der Waals surface area (Å²) in [5.41, 5.74) is 0. The first-order valence-corrected chi connectivity index (χ1v) is 20.7. The van der Waals surface area contributed by atoms with Gasteiger partial charge in [-0.05, 0) is 6.42 Å². The predicted molar refractivity (Wildman–Crippen MR) is 191 cm³/mol.